The number of carbonyl (C=O) groups excluding carboxylic acids is 1. The zero-order valence-electron chi connectivity index (χ0n) is 16.9. The number of aromatic nitrogens is 2. The molecule has 1 N–H and O–H groups in total. The zero-order valence-corrected chi connectivity index (χ0v) is 18.6. The van der Waals surface area contributed by atoms with Crippen LogP contribution in [-0.4, -0.2) is 21.2 Å². The molecule has 152 valence electrons. The third-order valence-corrected chi connectivity index (χ3v) is 6.96. The van der Waals surface area contributed by atoms with Gasteiger partial charge in [-0.1, -0.05) is 54.2 Å². The molecule has 0 aliphatic carbocycles. The van der Waals surface area contributed by atoms with Crippen molar-refractivity contribution >= 4 is 44.9 Å². The van der Waals surface area contributed by atoms with Crippen molar-refractivity contribution in [2.75, 3.05) is 11.1 Å². The van der Waals surface area contributed by atoms with Gasteiger partial charge in [0.25, 0.3) is 5.56 Å². The number of thiophene rings is 1. The van der Waals surface area contributed by atoms with Gasteiger partial charge < -0.3 is 5.32 Å². The largest absolute Gasteiger partial charge is 0.325 e. The van der Waals surface area contributed by atoms with Gasteiger partial charge in [-0.3, -0.25) is 14.2 Å². The molecule has 4 aromatic rings. The van der Waals surface area contributed by atoms with Gasteiger partial charge in [0, 0.05) is 17.6 Å². The first-order valence-electron chi connectivity index (χ1n) is 9.48. The van der Waals surface area contributed by atoms with Gasteiger partial charge in [-0.15, -0.1) is 11.3 Å². The Hall–Kier alpha value is -2.90. The molecule has 1 amide bonds. The summed E-state index contributed by atoms with van der Waals surface area (Å²) in [6.45, 7) is 3.95. The van der Waals surface area contributed by atoms with Crippen molar-refractivity contribution in [2.45, 2.75) is 19.0 Å². The van der Waals surface area contributed by atoms with E-state index >= 15 is 0 Å². The number of nitrogens with one attached hydrogen (secondary N) is 1. The highest BCUT2D eigenvalue weighted by Gasteiger charge is 2.15. The third-order valence-electron chi connectivity index (χ3n) is 4.77. The molecule has 2 aromatic carbocycles. The second-order valence-corrected chi connectivity index (χ2v) is 9.10. The van der Waals surface area contributed by atoms with Crippen molar-refractivity contribution in [1.82, 2.24) is 9.55 Å². The van der Waals surface area contributed by atoms with Crippen LogP contribution in [0.15, 0.2) is 64.5 Å². The lowest BCUT2D eigenvalue weighted by molar-refractivity contribution is -0.113. The Bertz CT molecular complexity index is 1290. The number of fused-ring (bicyclic) bond motifs is 1. The standard InChI is InChI=1S/C23H21N3O2S2/c1-14-9-10-15(2)17(11-14)24-20(27)13-29-23-25-18-12-19(16-7-5-4-6-8-16)30-21(18)22(28)26(23)3/h4-12H,13H2,1-3H3,(H,24,27). The minimum Gasteiger partial charge on any atom is -0.325 e. The van der Waals surface area contributed by atoms with Crippen molar-refractivity contribution in [3.8, 4) is 10.4 Å². The average molecular weight is 436 g/mol. The van der Waals surface area contributed by atoms with Gasteiger partial charge in [0.15, 0.2) is 5.16 Å². The average Bonchev–Trinajstić information content (AvgIpc) is 3.17. The SMILES string of the molecule is Cc1ccc(C)c(NC(=O)CSc2nc3cc(-c4ccccc4)sc3c(=O)n2C)c1. The number of amides is 1. The van der Waals surface area contributed by atoms with E-state index in [1.807, 2.05) is 68.4 Å². The molecule has 2 heterocycles. The van der Waals surface area contributed by atoms with E-state index in [4.69, 9.17) is 0 Å². The van der Waals surface area contributed by atoms with Crippen molar-refractivity contribution < 1.29 is 4.79 Å². The molecule has 0 aliphatic heterocycles. The number of thioether (sulfide) groups is 1. The predicted molar refractivity (Wildman–Crippen MR) is 126 cm³/mol. The van der Waals surface area contributed by atoms with Gasteiger partial charge in [0.2, 0.25) is 5.91 Å². The second kappa shape index (κ2) is 8.45. The van der Waals surface area contributed by atoms with E-state index < -0.39 is 0 Å². The van der Waals surface area contributed by atoms with Crippen molar-refractivity contribution in [3.05, 3.63) is 76.1 Å². The fraction of sp³-hybridized carbons (Fsp3) is 0.174. The summed E-state index contributed by atoms with van der Waals surface area (Å²) < 4.78 is 2.14. The topological polar surface area (TPSA) is 64.0 Å². The minimum absolute atomic E-state index is 0.0929. The first-order valence-corrected chi connectivity index (χ1v) is 11.3. The fourth-order valence-corrected chi connectivity index (χ4v) is 4.95. The van der Waals surface area contributed by atoms with Crippen LogP contribution in [-0.2, 0) is 11.8 Å². The Morgan fingerprint density at radius 1 is 1.13 bits per heavy atom. The molecule has 2 aromatic heterocycles. The number of rotatable bonds is 5. The van der Waals surface area contributed by atoms with Crippen LogP contribution in [0.2, 0.25) is 0 Å². The lowest BCUT2D eigenvalue weighted by atomic mass is 10.1. The molecule has 0 fully saturated rings. The Balaban J connectivity index is 1.55. The lowest BCUT2D eigenvalue weighted by Crippen LogP contribution is -2.20. The van der Waals surface area contributed by atoms with Gasteiger partial charge >= 0.3 is 0 Å². The molecule has 0 spiro atoms. The maximum absolute atomic E-state index is 12.8. The van der Waals surface area contributed by atoms with Crippen LogP contribution in [0.4, 0.5) is 5.69 Å². The number of carbonyl (C=O) groups is 1. The number of benzene rings is 2. The fourth-order valence-electron chi connectivity index (χ4n) is 3.10. The van der Waals surface area contributed by atoms with E-state index in [2.05, 4.69) is 10.3 Å². The number of nitrogens with zero attached hydrogens (tertiary/aromatic N) is 2. The Kier molecular flexibility index (Phi) is 5.74. The molecule has 0 atom stereocenters. The molecule has 0 unspecified atom stereocenters. The Labute approximate surface area is 182 Å². The van der Waals surface area contributed by atoms with E-state index in [0.29, 0.717) is 15.4 Å². The summed E-state index contributed by atoms with van der Waals surface area (Å²) in [5.74, 6) is 0.0489. The van der Waals surface area contributed by atoms with E-state index in [9.17, 15) is 9.59 Å². The first-order chi connectivity index (χ1) is 14.4. The summed E-state index contributed by atoms with van der Waals surface area (Å²) in [6.07, 6.45) is 0. The summed E-state index contributed by atoms with van der Waals surface area (Å²) in [5.41, 5.74) is 4.54. The summed E-state index contributed by atoms with van der Waals surface area (Å²) in [6, 6.07) is 17.8. The smallest absolute Gasteiger partial charge is 0.271 e. The van der Waals surface area contributed by atoms with Crippen LogP contribution < -0.4 is 10.9 Å². The summed E-state index contributed by atoms with van der Waals surface area (Å²) >= 11 is 2.71. The molecule has 4 rings (SSSR count). The summed E-state index contributed by atoms with van der Waals surface area (Å²) in [4.78, 5) is 30.9. The van der Waals surface area contributed by atoms with Gasteiger partial charge in [0.05, 0.1) is 11.3 Å². The van der Waals surface area contributed by atoms with E-state index in [1.54, 1.807) is 7.05 Å². The highest BCUT2D eigenvalue weighted by atomic mass is 32.2. The summed E-state index contributed by atoms with van der Waals surface area (Å²) in [5, 5.41) is 3.47. The Morgan fingerprint density at radius 3 is 2.67 bits per heavy atom. The van der Waals surface area contributed by atoms with Crippen LogP contribution >= 0.6 is 23.1 Å². The predicted octanol–water partition coefficient (Wildman–Crippen LogP) is 5.01. The van der Waals surface area contributed by atoms with Gasteiger partial charge in [-0.05, 0) is 42.7 Å². The van der Waals surface area contributed by atoms with Gasteiger partial charge in [-0.2, -0.15) is 0 Å². The lowest BCUT2D eigenvalue weighted by Gasteiger charge is -2.10. The van der Waals surface area contributed by atoms with Gasteiger partial charge in [0.1, 0.15) is 4.70 Å². The maximum atomic E-state index is 12.8. The zero-order chi connectivity index (χ0) is 21.3. The number of hydrogen-bond donors (Lipinski definition) is 1. The number of anilines is 1. The monoisotopic (exact) mass is 435 g/mol. The highest BCUT2D eigenvalue weighted by Crippen LogP contribution is 2.31. The van der Waals surface area contributed by atoms with E-state index in [-0.39, 0.29) is 17.2 Å². The molecule has 0 aliphatic rings. The Morgan fingerprint density at radius 2 is 1.90 bits per heavy atom. The van der Waals surface area contributed by atoms with E-state index in [0.717, 1.165) is 27.3 Å². The molecular formula is C23H21N3O2S2. The molecule has 5 nitrogen and oxygen atoms in total. The molecule has 7 heteroatoms. The van der Waals surface area contributed by atoms with E-state index in [1.165, 1.54) is 27.7 Å². The van der Waals surface area contributed by atoms with Crippen LogP contribution in [0.3, 0.4) is 0 Å². The van der Waals surface area contributed by atoms with Crippen molar-refractivity contribution in [1.29, 1.82) is 0 Å². The van der Waals surface area contributed by atoms with Crippen LogP contribution in [0.5, 0.6) is 0 Å². The quantitative estimate of drug-likeness (QED) is 0.354. The van der Waals surface area contributed by atoms with Crippen LogP contribution in [0.1, 0.15) is 11.1 Å². The van der Waals surface area contributed by atoms with Crippen molar-refractivity contribution in [2.24, 2.45) is 7.05 Å². The highest BCUT2D eigenvalue weighted by molar-refractivity contribution is 7.99. The summed E-state index contributed by atoms with van der Waals surface area (Å²) in [7, 11) is 1.70. The van der Waals surface area contributed by atoms with Crippen molar-refractivity contribution in [3.63, 3.8) is 0 Å². The molecular weight excluding hydrogens is 414 g/mol. The number of aryl methyl sites for hydroxylation is 2. The third kappa shape index (κ3) is 4.17. The molecule has 0 bridgehead atoms. The molecule has 30 heavy (non-hydrogen) atoms. The second-order valence-electron chi connectivity index (χ2n) is 7.10. The molecule has 0 radical (unpaired) electrons. The maximum Gasteiger partial charge on any atom is 0.271 e. The van der Waals surface area contributed by atoms with Gasteiger partial charge in [-0.25, -0.2) is 4.98 Å². The number of hydrogen-bond acceptors (Lipinski definition) is 5. The van der Waals surface area contributed by atoms with Crippen LogP contribution in [0.25, 0.3) is 20.7 Å². The van der Waals surface area contributed by atoms with Crippen LogP contribution in [0, 0.1) is 13.8 Å². The first kappa shape index (κ1) is 20.4. The molecule has 0 saturated heterocycles. The minimum atomic E-state index is -0.127. The normalized spacial score (nSPS) is 11.0. The molecule has 0 saturated carbocycles.